The molecule has 0 saturated heterocycles. The molecule has 3 N–H and O–H groups in total. The minimum atomic E-state index is -0.256. The summed E-state index contributed by atoms with van der Waals surface area (Å²) in [5.41, 5.74) is 11.1. The van der Waals surface area contributed by atoms with Crippen molar-refractivity contribution in [2.45, 2.75) is 33.1 Å². The first kappa shape index (κ1) is 20.5. The van der Waals surface area contributed by atoms with Gasteiger partial charge in [-0.25, -0.2) is 9.97 Å². The molecule has 0 fully saturated rings. The highest BCUT2D eigenvalue weighted by atomic mass is 16.1. The second kappa shape index (κ2) is 8.95. The fourth-order valence-corrected chi connectivity index (χ4v) is 3.51. The second-order valence-electron chi connectivity index (χ2n) is 7.52. The average molecular weight is 415 g/mol. The largest absolute Gasteiger partial charge is 0.383 e. The van der Waals surface area contributed by atoms with Crippen LogP contribution in [0.4, 0.5) is 5.82 Å². The Hall–Kier alpha value is -3.74. The van der Waals surface area contributed by atoms with Crippen LogP contribution in [0.1, 0.15) is 47.7 Å². The highest BCUT2D eigenvalue weighted by Crippen LogP contribution is 2.27. The smallest absolute Gasteiger partial charge is 0.257 e. The van der Waals surface area contributed by atoms with E-state index in [2.05, 4.69) is 17.3 Å². The summed E-state index contributed by atoms with van der Waals surface area (Å²) in [6, 6.07) is 15.5. The lowest BCUT2D eigenvalue weighted by Gasteiger charge is -2.05. The summed E-state index contributed by atoms with van der Waals surface area (Å²) in [4.78, 5) is 22.4. The highest BCUT2D eigenvalue weighted by Gasteiger charge is 2.23. The topological polar surface area (TPSA) is 98.2 Å². The van der Waals surface area contributed by atoms with Crippen LogP contribution in [0, 0.1) is 6.92 Å². The number of nitrogen functional groups attached to an aromatic ring is 1. The van der Waals surface area contributed by atoms with Crippen LogP contribution >= 0.6 is 0 Å². The van der Waals surface area contributed by atoms with Crippen molar-refractivity contribution in [1.29, 1.82) is 0 Å². The third-order valence-corrected chi connectivity index (χ3v) is 5.27. The standard InChI is InChI=1S/C24H26N6O/c1-3-4-9-14-26-24(31)20-21-23(29-19-13-8-7-12-18(19)28-21)30(22(20)25)27-15-17-11-6-5-10-16(17)2/h5-8,10-13,15H,3-4,9,14,25H2,1-2H3,(H,26,31). The lowest BCUT2D eigenvalue weighted by atomic mass is 10.1. The Bertz CT molecular complexity index is 1270. The van der Waals surface area contributed by atoms with Crippen molar-refractivity contribution < 1.29 is 4.79 Å². The van der Waals surface area contributed by atoms with E-state index in [1.54, 1.807) is 6.21 Å². The second-order valence-corrected chi connectivity index (χ2v) is 7.52. The molecule has 7 heteroatoms. The number of nitrogens with one attached hydrogen (secondary N) is 1. The van der Waals surface area contributed by atoms with Crippen LogP contribution in [0.2, 0.25) is 0 Å². The number of fused-ring (bicyclic) bond motifs is 2. The first-order chi connectivity index (χ1) is 15.1. The number of aromatic nitrogens is 3. The van der Waals surface area contributed by atoms with Crippen LogP contribution in [0.25, 0.3) is 22.2 Å². The molecule has 4 rings (SSSR count). The molecule has 31 heavy (non-hydrogen) atoms. The summed E-state index contributed by atoms with van der Waals surface area (Å²) in [7, 11) is 0. The van der Waals surface area contributed by atoms with E-state index < -0.39 is 0 Å². The summed E-state index contributed by atoms with van der Waals surface area (Å²) in [5, 5.41) is 7.53. The molecular weight excluding hydrogens is 388 g/mol. The summed E-state index contributed by atoms with van der Waals surface area (Å²) in [5.74, 6) is -0.0313. The maximum atomic E-state index is 13.0. The number of rotatable bonds is 7. The van der Waals surface area contributed by atoms with Crippen LogP contribution in [-0.2, 0) is 0 Å². The molecule has 0 spiro atoms. The number of hydrogen-bond donors (Lipinski definition) is 2. The molecule has 2 heterocycles. The monoisotopic (exact) mass is 414 g/mol. The van der Waals surface area contributed by atoms with Crippen molar-refractivity contribution in [3.63, 3.8) is 0 Å². The van der Waals surface area contributed by atoms with Gasteiger partial charge >= 0.3 is 0 Å². The molecule has 2 aromatic heterocycles. The summed E-state index contributed by atoms with van der Waals surface area (Å²) in [6.45, 7) is 4.73. The number of benzene rings is 2. The van der Waals surface area contributed by atoms with Gasteiger partial charge in [0.2, 0.25) is 0 Å². The minimum Gasteiger partial charge on any atom is -0.383 e. The van der Waals surface area contributed by atoms with E-state index in [1.165, 1.54) is 4.68 Å². The molecule has 0 saturated carbocycles. The highest BCUT2D eigenvalue weighted by molar-refractivity contribution is 6.10. The van der Waals surface area contributed by atoms with Crippen molar-refractivity contribution in [3.05, 3.63) is 65.2 Å². The third-order valence-electron chi connectivity index (χ3n) is 5.27. The number of nitrogens with two attached hydrogens (primary N) is 1. The quantitative estimate of drug-likeness (QED) is 0.348. The molecule has 1 amide bonds. The predicted octanol–water partition coefficient (Wildman–Crippen LogP) is 4.28. The maximum absolute atomic E-state index is 13.0. The zero-order chi connectivity index (χ0) is 21.8. The normalized spacial score (nSPS) is 11.5. The van der Waals surface area contributed by atoms with Crippen molar-refractivity contribution in [3.8, 4) is 0 Å². The Morgan fingerprint density at radius 2 is 1.81 bits per heavy atom. The summed E-state index contributed by atoms with van der Waals surface area (Å²) in [6.07, 6.45) is 4.79. The Balaban J connectivity index is 1.83. The Kier molecular flexibility index (Phi) is 5.93. The molecule has 0 radical (unpaired) electrons. The van der Waals surface area contributed by atoms with E-state index in [1.807, 2.05) is 55.5 Å². The number of carbonyl (C=O) groups is 1. The number of carbonyl (C=O) groups excluding carboxylic acids is 1. The number of anilines is 1. The molecule has 4 aromatic rings. The van der Waals surface area contributed by atoms with Gasteiger partial charge in [0.25, 0.3) is 5.91 Å². The fraction of sp³-hybridized carbons (Fsp3) is 0.250. The van der Waals surface area contributed by atoms with Crippen LogP contribution < -0.4 is 11.1 Å². The minimum absolute atomic E-state index is 0.225. The van der Waals surface area contributed by atoms with E-state index in [-0.39, 0.29) is 11.7 Å². The molecular formula is C24H26N6O. The number of aryl methyl sites for hydroxylation is 1. The van der Waals surface area contributed by atoms with Crippen molar-refractivity contribution in [2.75, 3.05) is 12.3 Å². The van der Waals surface area contributed by atoms with E-state index >= 15 is 0 Å². The maximum Gasteiger partial charge on any atom is 0.257 e. The average Bonchev–Trinajstić information content (AvgIpc) is 3.04. The van der Waals surface area contributed by atoms with Gasteiger partial charge in [0.1, 0.15) is 16.9 Å². The van der Waals surface area contributed by atoms with Crippen molar-refractivity contribution >= 4 is 40.1 Å². The molecule has 7 nitrogen and oxygen atoms in total. The lowest BCUT2D eigenvalue weighted by molar-refractivity contribution is 0.0955. The molecule has 0 atom stereocenters. The van der Waals surface area contributed by atoms with Gasteiger partial charge in [0.05, 0.1) is 17.2 Å². The van der Waals surface area contributed by atoms with Crippen molar-refractivity contribution in [2.24, 2.45) is 5.10 Å². The zero-order valence-electron chi connectivity index (χ0n) is 17.8. The molecule has 2 aromatic carbocycles. The summed E-state index contributed by atoms with van der Waals surface area (Å²) < 4.78 is 1.50. The van der Waals surface area contributed by atoms with E-state index in [0.717, 1.165) is 35.9 Å². The Labute approximate surface area is 181 Å². The van der Waals surface area contributed by atoms with Crippen molar-refractivity contribution in [1.82, 2.24) is 20.0 Å². The number of unbranched alkanes of at least 4 members (excludes halogenated alkanes) is 2. The summed E-state index contributed by atoms with van der Waals surface area (Å²) >= 11 is 0. The van der Waals surface area contributed by atoms with E-state index in [0.29, 0.717) is 28.8 Å². The fourth-order valence-electron chi connectivity index (χ4n) is 3.51. The van der Waals surface area contributed by atoms with Gasteiger partial charge in [-0.05, 0) is 36.6 Å². The van der Waals surface area contributed by atoms with Crippen LogP contribution in [-0.4, -0.2) is 33.3 Å². The number of amides is 1. The Morgan fingerprint density at radius 1 is 1.10 bits per heavy atom. The third kappa shape index (κ3) is 4.12. The molecule has 158 valence electrons. The van der Waals surface area contributed by atoms with Crippen LogP contribution in [0.5, 0.6) is 0 Å². The van der Waals surface area contributed by atoms with Gasteiger partial charge in [-0.1, -0.05) is 56.2 Å². The molecule has 0 unspecified atom stereocenters. The molecule has 0 aliphatic heterocycles. The molecule has 0 bridgehead atoms. The molecule has 0 aliphatic rings. The van der Waals surface area contributed by atoms with Crippen LogP contribution in [0.15, 0.2) is 53.6 Å². The van der Waals surface area contributed by atoms with E-state index in [4.69, 9.17) is 15.7 Å². The van der Waals surface area contributed by atoms with Gasteiger partial charge in [-0.2, -0.15) is 9.78 Å². The number of nitrogens with zero attached hydrogens (tertiary/aromatic N) is 4. The lowest BCUT2D eigenvalue weighted by Crippen LogP contribution is -2.25. The zero-order valence-corrected chi connectivity index (χ0v) is 17.8. The SMILES string of the molecule is CCCCCNC(=O)c1c(N)n(N=Cc2ccccc2C)c2nc3ccccc3nc12. The van der Waals surface area contributed by atoms with Gasteiger partial charge in [0, 0.05) is 6.54 Å². The first-order valence-electron chi connectivity index (χ1n) is 10.5. The van der Waals surface area contributed by atoms with Gasteiger partial charge < -0.3 is 11.1 Å². The van der Waals surface area contributed by atoms with E-state index in [9.17, 15) is 4.79 Å². The Morgan fingerprint density at radius 3 is 2.55 bits per heavy atom. The number of para-hydroxylation sites is 2. The van der Waals surface area contributed by atoms with Gasteiger partial charge in [-0.15, -0.1) is 0 Å². The first-order valence-corrected chi connectivity index (χ1v) is 10.5. The van der Waals surface area contributed by atoms with Crippen LogP contribution in [0.3, 0.4) is 0 Å². The number of hydrogen-bond acceptors (Lipinski definition) is 5. The van der Waals surface area contributed by atoms with Gasteiger partial charge in [-0.3, -0.25) is 4.79 Å². The predicted molar refractivity (Wildman–Crippen MR) is 125 cm³/mol. The van der Waals surface area contributed by atoms with Gasteiger partial charge in [0.15, 0.2) is 5.65 Å². The molecule has 0 aliphatic carbocycles.